The molecule has 0 bridgehead atoms. The van der Waals surface area contributed by atoms with E-state index in [0.717, 1.165) is 5.69 Å². The summed E-state index contributed by atoms with van der Waals surface area (Å²) in [6, 6.07) is 9.61. The van der Waals surface area contributed by atoms with Crippen LogP contribution in [0.1, 0.15) is 20.3 Å². The van der Waals surface area contributed by atoms with Crippen molar-refractivity contribution < 1.29 is 9.59 Å². The molecule has 0 radical (unpaired) electrons. The van der Waals surface area contributed by atoms with Gasteiger partial charge in [0.15, 0.2) is 0 Å². The van der Waals surface area contributed by atoms with Gasteiger partial charge in [0.25, 0.3) is 0 Å². The Balaban J connectivity index is 1.91. The molecule has 1 aromatic rings. The minimum atomic E-state index is -0.580. The molecule has 0 aliphatic carbocycles. The number of halogens is 1. The highest BCUT2D eigenvalue weighted by Gasteiger charge is 2.32. The Morgan fingerprint density at radius 1 is 1.38 bits per heavy atom. The van der Waals surface area contributed by atoms with Crippen LogP contribution in [0.5, 0.6) is 0 Å². The molecule has 2 rings (SSSR count). The largest absolute Gasteiger partial charge is 0.355 e. The van der Waals surface area contributed by atoms with E-state index in [1.54, 1.807) is 4.90 Å². The predicted octanol–water partition coefficient (Wildman–Crippen LogP) is 2.42. The number of anilines is 1. The summed E-state index contributed by atoms with van der Waals surface area (Å²) in [7, 11) is 0. The molecule has 2 amide bonds. The number of amides is 2. The molecule has 1 heterocycles. The van der Waals surface area contributed by atoms with Crippen molar-refractivity contribution in [3.63, 3.8) is 0 Å². The SMILES string of the molecule is CC(C)(CCl)C(=O)NCC1CC(=O)N(c2ccccc2)C1. The first kappa shape index (κ1) is 15.8. The van der Waals surface area contributed by atoms with E-state index in [4.69, 9.17) is 11.6 Å². The molecule has 1 fully saturated rings. The summed E-state index contributed by atoms with van der Waals surface area (Å²) >= 11 is 5.79. The van der Waals surface area contributed by atoms with Crippen LogP contribution in [0.4, 0.5) is 5.69 Å². The topological polar surface area (TPSA) is 49.4 Å². The van der Waals surface area contributed by atoms with E-state index in [-0.39, 0.29) is 23.6 Å². The molecule has 1 aliphatic heterocycles. The minimum Gasteiger partial charge on any atom is -0.355 e. The van der Waals surface area contributed by atoms with Crippen LogP contribution in [0.15, 0.2) is 30.3 Å². The van der Waals surface area contributed by atoms with Crippen molar-refractivity contribution in [2.45, 2.75) is 20.3 Å². The van der Waals surface area contributed by atoms with E-state index >= 15 is 0 Å². The Labute approximate surface area is 130 Å². The van der Waals surface area contributed by atoms with Gasteiger partial charge in [-0.3, -0.25) is 9.59 Å². The van der Waals surface area contributed by atoms with Crippen LogP contribution >= 0.6 is 11.6 Å². The first-order chi connectivity index (χ1) is 9.94. The summed E-state index contributed by atoms with van der Waals surface area (Å²) < 4.78 is 0. The van der Waals surface area contributed by atoms with E-state index in [1.165, 1.54) is 0 Å². The number of rotatable bonds is 5. The number of alkyl halides is 1. The summed E-state index contributed by atoms with van der Waals surface area (Å²) in [5, 5.41) is 2.91. The predicted molar refractivity (Wildman–Crippen MR) is 84.4 cm³/mol. The normalized spacial score (nSPS) is 18.9. The molecule has 0 aromatic heterocycles. The van der Waals surface area contributed by atoms with Gasteiger partial charge >= 0.3 is 0 Å². The van der Waals surface area contributed by atoms with Gasteiger partial charge in [-0.1, -0.05) is 18.2 Å². The minimum absolute atomic E-state index is 0.0666. The summed E-state index contributed by atoms with van der Waals surface area (Å²) in [5.41, 5.74) is 0.334. The molecule has 0 spiro atoms. The van der Waals surface area contributed by atoms with E-state index in [2.05, 4.69) is 5.32 Å². The second-order valence-corrected chi connectivity index (χ2v) is 6.40. The maximum Gasteiger partial charge on any atom is 0.227 e. The quantitative estimate of drug-likeness (QED) is 0.849. The number of carbonyl (C=O) groups excluding carboxylic acids is 2. The van der Waals surface area contributed by atoms with E-state index < -0.39 is 5.41 Å². The Bertz CT molecular complexity index is 516. The molecule has 1 saturated heterocycles. The Morgan fingerprint density at radius 2 is 2.05 bits per heavy atom. The lowest BCUT2D eigenvalue weighted by atomic mass is 9.95. The van der Waals surface area contributed by atoms with E-state index in [9.17, 15) is 9.59 Å². The molecule has 0 saturated carbocycles. The van der Waals surface area contributed by atoms with Gasteiger partial charge in [0.2, 0.25) is 11.8 Å². The van der Waals surface area contributed by atoms with Crippen molar-refractivity contribution in [2.24, 2.45) is 11.3 Å². The molecule has 114 valence electrons. The molecule has 21 heavy (non-hydrogen) atoms. The van der Waals surface area contributed by atoms with E-state index in [0.29, 0.717) is 19.5 Å². The van der Waals surface area contributed by atoms with Crippen LogP contribution in [-0.2, 0) is 9.59 Å². The average Bonchev–Trinajstić information content (AvgIpc) is 2.86. The summed E-state index contributed by atoms with van der Waals surface area (Å²) in [4.78, 5) is 25.8. The Kier molecular flexibility index (Phi) is 4.88. The molecule has 1 unspecified atom stereocenters. The second kappa shape index (κ2) is 6.48. The Morgan fingerprint density at radius 3 is 2.67 bits per heavy atom. The second-order valence-electron chi connectivity index (χ2n) is 6.14. The monoisotopic (exact) mass is 308 g/mol. The highest BCUT2D eigenvalue weighted by molar-refractivity contribution is 6.19. The fraction of sp³-hybridized carbons (Fsp3) is 0.500. The van der Waals surface area contributed by atoms with Gasteiger partial charge in [0, 0.05) is 37.0 Å². The lowest BCUT2D eigenvalue weighted by Crippen LogP contribution is -2.40. The number of carbonyl (C=O) groups is 2. The van der Waals surface area contributed by atoms with Crippen LogP contribution in [0.2, 0.25) is 0 Å². The maximum absolute atomic E-state index is 12.1. The summed E-state index contributed by atoms with van der Waals surface area (Å²) in [6.07, 6.45) is 0.469. The lowest BCUT2D eigenvalue weighted by Gasteiger charge is -2.22. The molecule has 1 aliphatic rings. The van der Waals surface area contributed by atoms with Gasteiger partial charge in [-0.05, 0) is 26.0 Å². The number of hydrogen-bond donors (Lipinski definition) is 1. The van der Waals surface area contributed by atoms with Crippen molar-refractivity contribution in [1.29, 1.82) is 0 Å². The zero-order valence-corrected chi connectivity index (χ0v) is 13.2. The van der Waals surface area contributed by atoms with Crippen molar-refractivity contribution >= 4 is 29.1 Å². The molecular weight excluding hydrogens is 288 g/mol. The van der Waals surface area contributed by atoms with Gasteiger partial charge in [-0.25, -0.2) is 0 Å². The number of para-hydroxylation sites is 1. The van der Waals surface area contributed by atoms with Crippen molar-refractivity contribution in [3.05, 3.63) is 30.3 Å². The van der Waals surface area contributed by atoms with E-state index in [1.807, 2.05) is 44.2 Å². The number of benzene rings is 1. The van der Waals surface area contributed by atoms with Crippen molar-refractivity contribution in [1.82, 2.24) is 5.32 Å². The van der Waals surface area contributed by atoms with Gasteiger partial charge in [-0.15, -0.1) is 11.6 Å². The van der Waals surface area contributed by atoms with Gasteiger partial charge in [-0.2, -0.15) is 0 Å². The molecule has 4 nitrogen and oxygen atoms in total. The first-order valence-electron chi connectivity index (χ1n) is 7.14. The van der Waals surface area contributed by atoms with Crippen molar-refractivity contribution in [2.75, 3.05) is 23.9 Å². The standard InChI is InChI=1S/C16H21ClN2O2/c1-16(2,11-17)15(21)18-9-12-8-14(20)19(10-12)13-6-4-3-5-7-13/h3-7,12H,8-11H2,1-2H3,(H,18,21). The molecule has 1 N–H and O–H groups in total. The number of nitrogens with zero attached hydrogens (tertiary/aromatic N) is 1. The number of hydrogen-bond acceptors (Lipinski definition) is 2. The fourth-order valence-electron chi connectivity index (χ4n) is 2.31. The van der Waals surface area contributed by atoms with Gasteiger partial charge in [0.1, 0.15) is 0 Å². The lowest BCUT2D eigenvalue weighted by molar-refractivity contribution is -0.128. The third-order valence-electron chi connectivity index (χ3n) is 3.77. The summed E-state index contributed by atoms with van der Waals surface area (Å²) in [6.45, 7) is 4.77. The zero-order valence-electron chi connectivity index (χ0n) is 12.4. The third-order valence-corrected chi connectivity index (χ3v) is 4.44. The fourth-order valence-corrected chi connectivity index (χ4v) is 2.43. The van der Waals surface area contributed by atoms with Crippen LogP contribution in [-0.4, -0.2) is 30.8 Å². The molecule has 1 aromatic carbocycles. The van der Waals surface area contributed by atoms with Crippen LogP contribution in [0, 0.1) is 11.3 Å². The molecule has 1 atom stereocenters. The zero-order chi connectivity index (χ0) is 15.5. The third kappa shape index (κ3) is 3.76. The maximum atomic E-state index is 12.1. The molecule has 5 heteroatoms. The smallest absolute Gasteiger partial charge is 0.227 e. The van der Waals surface area contributed by atoms with Gasteiger partial charge < -0.3 is 10.2 Å². The highest BCUT2D eigenvalue weighted by atomic mass is 35.5. The van der Waals surface area contributed by atoms with Crippen LogP contribution in [0.3, 0.4) is 0 Å². The van der Waals surface area contributed by atoms with Gasteiger partial charge in [0.05, 0.1) is 5.41 Å². The average molecular weight is 309 g/mol. The molecular formula is C16H21ClN2O2. The highest BCUT2D eigenvalue weighted by Crippen LogP contribution is 2.24. The number of nitrogens with one attached hydrogen (secondary N) is 1. The van der Waals surface area contributed by atoms with Crippen LogP contribution < -0.4 is 10.2 Å². The summed E-state index contributed by atoms with van der Waals surface area (Å²) in [5.74, 6) is 0.464. The van der Waals surface area contributed by atoms with Crippen molar-refractivity contribution in [3.8, 4) is 0 Å². The Hall–Kier alpha value is -1.55. The van der Waals surface area contributed by atoms with Crippen LogP contribution in [0.25, 0.3) is 0 Å². The first-order valence-corrected chi connectivity index (χ1v) is 7.67.